The van der Waals surface area contributed by atoms with E-state index in [9.17, 15) is 0 Å². The molecule has 7 nitrogen and oxygen atoms in total. The van der Waals surface area contributed by atoms with Crippen LogP contribution < -0.4 is 20.9 Å². The highest BCUT2D eigenvalue weighted by molar-refractivity contribution is 5.57. The van der Waals surface area contributed by atoms with E-state index in [0.717, 1.165) is 11.1 Å². The van der Waals surface area contributed by atoms with Crippen molar-refractivity contribution in [1.29, 1.82) is 0 Å². The maximum absolute atomic E-state index is 6.17. The second kappa shape index (κ2) is 7.77. The lowest BCUT2D eigenvalue weighted by Gasteiger charge is -2.20. The molecule has 7 heteroatoms. The Balaban J connectivity index is 2.23. The van der Waals surface area contributed by atoms with Crippen molar-refractivity contribution in [2.75, 3.05) is 24.7 Å². The average Bonchev–Trinajstić information content (AvgIpc) is 3.01. The summed E-state index contributed by atoms with van der Waals surface area (Å²) in [5.41, 5.74) is 14.3. The molecule has 26 heavy (non-hydrogen) atoms. The zero-order valence-electron chi connectivity index (χ0n) is 14.8. The summed E-state index contributed by atoms with van der Waals surface area (Å²) in [6.45, 7) is 4.76. The predicted octanol–water partition coefficient (Wildman–Crippen LogP) is 3.21. The predicted molar refractivity (Wildman–Crippen MR) is 99.3 cm³/mol. The Morgan fingerprint density at radius 1 is 1.08 bits per heavy atom. The summed E-state index contributed by atoms with van der Waals surface area (Å²) in [5.74, 6) is 1.10. The van der Waals surface area contributed by atoms with Crippen LogP contribution in [-0.4, -0.2) is 23.2 Å². The van der Waals surface area contributed by atoms with Gasteiger partial charge in [0.15, 0.2) is 5.75 Å². The van der Waals surface area contributed by atoms with Gasteiger partial charge in [-0.05, 0) is 19.4 Å². The average molecular weight is 354 g/mol. The number of hydrogen-bond donors (Lipinski definition) is 2. The Labute approximate surface area is 152 Å². The Bertz CT molecular complexity index is 841. The van der Waals surface area contributed by atoms with Crippen LogP contribution in [-0.2, 0) is 0 Å². The van der Waals surface area contributed by atoms with Gasteiger partial charge in [0, 0.05) is 11.8 Å². The van der Waals surface area contributed by atoms with Crippen LogP contribution in [0.15, 0.2) is 47.2 Å². The molecule has 1 unspecified atom stereocenters. The molecule has 0 saturated carbocycles. The van der Waals surface area contributed by atoms with Gasteiger partial charge in [-0.15, -0.1) is 0 Å². The number of hydrogen-bond acceptors (Lipinski definition) is 7. The third kappa shape index (κ3) is 3.42. The largest absolute Gasteiger partial charge is 0.490 e. The monoisotopic (exact) mass is 354 g/mol. The standard InChI is InChI=1S/C19H22N4O3/c1-3-24-14-11-26-18(25-4-2)16(14)15(12-8-6-5-7-9-12)13-10-22-19(21)23-17(13)20/h5-11,15H,3-4H2,1-2H3,(H4,20,21,22,23). The van der Waals surface area contributed by atoms with Gasteiger partial charge in [-0.2, -0.15) is 4.98 Å². The van der Waals surface area contributed by atoms with E-state index in [1.54, 1.807) is 12.5 Å². The maximum atomic E-state index is 6.17. The van der Waals surface area contributed by atoms with E-state index in [0.29, 0.717) is 36.3 Å². The maximum Gasteiger partial charge on any atom is 0.292 e. The second-order valence-electron chi connectivity index (χ2n) is 5.58. The fourth-order valence-corrected chi connectivity index (χ4v) is 2.89. The van der Waals surface area contributed by atoms with E-state index in [1.165, 1.54) is 0 Å². The van der Waals surface area contributed by atoms with Crippen LogP contribution >= 0.6 is 0 Å². The van der Waals surface area contributed by atoms with Crippen LogP contribution in [0.3, 0.4) is 0 Å². The quantitative estimate of drug-likeness (QED) is 0.670. The smallest absolute Gasteiger partial charge is 0.292 e. The van der Waals surface area contributed by atoms with Gasteiger partial charge in [0.25, 0.3) is 5.95 Å². The number of ether oxygens (including phenoxy) is 2. The van der Waals surface area contributed by atoms with Crippen LogP contribution in [0.5, 0.6) is 11.7 Å². The van der Waals surface area contributed by atoms with Gasteiger partial charge in [0.05, 0.1) is 24.7 Å². The van der Waals surface area contributed by atoms with E-state index in [2.05, 4.69) is 9.97 Å². The molecular formula is C19H22N4O3. The van der Waals surface area contributed by atoms with Gasteiger partial charge < -0.3 is 25.4 Å². The third-order valence-electron chi connectivity index (χ3n) is 3.93. The zero-order chi connectivity index (χ0) is 18.5. The lowest BCUT2D eigenvalue weighted by molar-refractivity contribution is 0.253. The first-order valence-corrected chi connectivity index (χ1v) is 8.45. The molecule has 2 heterocycles. The molecule has 136 valence electrons. The number of nitrogen functional groups attached to an aromatic ring is 2. The van der Waals surface area contributed by atoms with E-state index in [-0.39, 0.29) is 11.9 Å². The summed E-state index contributed by atoms with van der Waals surface area (Å²) in [6, 6.07) is 9.86. The number of rotatable bonds is 7. The number of nitrogens with zero attached hydrogens (tertiary/aromatic N) is 2. The minimum Gasteiger partial charge on any atom is -0.490 e. The molecule has 0 fully saturated rings. The lowest BCUT2D eigenvalue weighted by Crippen LogP contribution is -2.12. The third-order valence-corrected chi connectivity index (χ3v) is 3.93. The summed E-state index contributed by atoms with van der Waals surface area (Å²) >= 11 is 0. The Kier molecular flexibility index (Phi) is 5.26. The highest BCUT2D eigenvalue weighted by Crippen LogP contribution is 2.45. The first-order valence-electron chi connectivity index (χ1n) is 8.45. The fraction of sp³-hybridized carbons (Fsp3) is 0.263. The van der Waals surface area contributed by atoms with Crippen LogP contribution in [0.2, 0.25) is 0 Å². The van der Waals surface area contributed by atoms with Gasteiger partial charge >= 0.3 is 0 Å². The van der Waals surface area contributed by atoms with Crippen molar-refractivity contribution in [3.63, 3.8) is 0 Å². The first-order chi connectivity index (χ1) is 12.7. The van der Waals surface area contributed by atoms with Crippen LogP contribution in [0.25, 0.3) is 0 Å². The molecule has 0 radical (unpaired) electrons. The van der Waals surface area contributed by atoms with E-state index in [1.807, 2.05) is 44.2 Å². The molecule has 0 spiro atoms. The Hall–Kier alpha value is -3.22. The number of nitrogens with two attached hydrogens (primary N) is 2. The summed E-state index contributed by atoms with van der Waals surface area (Å²) < 4.78 is 17.1. The Morgan fingerprint density at radius 3 is 2.46 bits per heavy atom. The van der Waals surface area contributed by atoms with Crippen molar-refractivity contribution in [2.45, 2.75) is 19.8 Å². The second-order valence-corrected chi connectivity index (χ2v) is 5.58. The summed E-state index contributed by atoms with van der Waals surface area (Å²) in [4.78, 5) is 8.24. The summed E-state index contributed by atoms with van der Waals surface area (Å²) in [6.07, 6.45) is 3.18. The lowest BCUT2D eigenvalue weighted by atomic mass is 9.86. The molecule has 0 aliphatic rings. The van der Waals surface area contributed by atoms with Gasteiger partial charge in [-0.3, -0.25) is 0 Å². The molecule has 0 saturated heterocycles. The molecule has 0 bridgehead atoms. The van der Waals surface area contributed by atoms with Crippen molar-refractivity contribution in [3.05, 3.63) is 59.5 Å². The van der Waals surface area contributed by atoms with Crippen LogP contribution in [0.4, 0.5) is 11.8 Å². The molecular weight excluding hydrogens is 332 g/mol. The van der Waals surface area contributed by atoms with Crippen molar-refractivity contribution in [3.8, 4) is 11.7 Å². The van der Waals surface area contributed by atoms with Crippen molar-refractivity contribution in [2.24, 2.45) is 0 Å². The molecule has 4 N–H and O–H groups in total. The van der Waals surface area contributed by atoms with Gasteiger partial charge in [0.1, 0.15) is 12.1 Å². The minimum absolute atomic E-state index is 0.125. The molecule has 3 rings (SSSR count). The van der Waals surface area contributed by atoms with E-state index < -0.39 is 0 Å². The molecule has 1 aromatic carbocycles. The van der Waals surface area contributed by atoms with Crippen LogP contribution in [0.1, 0.15) is 36.5 Å². The number of furan rings is 1. The van der Waals surface area contributed by atoms with Crippen molar-refractivity contribution >= 4 is 11.8 Å². The van der Waals surface area contributed by atoms with Gasteiger partial charge in [0.2, 0.25) is 5.95 Å². The summed E-state index contributed by atoms with van der Waals surface area (Å²) in [5, 5.41) is 0. The molecule has 0 aliphatic heterocycles. The molecule has 2 aromatic heterocycles. The van der Waals surface area contributed by atoms with Gasteiger partial charge in [-0.1, -0.05) is 30.3 Å². The van der Waals surface area contributed by atoms with Crippen molar-refractivity contribution < 1.29 is 13.9 Å². The van der Waals surface area contributed by atoms with Gasteiger partial charge in [-0.25, -0.2) is 4.98 Å². The first kappa shape index (κ1) is 17.6. The molecule has 0 amide bonds. The number of benzene rings is 1. The summed E-state index contributed by atoms with van der Waals surface area (Å²) in [7, 11) is 0. The molecule has 0 aliphatic carbocycles. The molecule has 3 aromatic rings. The minimum atomic E-state index is -0.321. The Morgan fingerprint density at radius 2 is 1.81 bits per heavy atom. The molecule has 1 atom stereocenters. The highest BCUT2D eigenvalue weighted by atomic mass is 16.6. The van der Waals surface area contributed by atoms with Crippen molar-refractivity contribution in [1.82, 2.24) is 9.97 Å². The number of aromatic nitrogens is 2. The van der Waals surface area contributed by atoms with E-state index >= 15 is 0 Å². The SMILES string of the molecule is CCOc1coc(OCC)c1C(c1ccccc1)c1cnc(N)nc1N. The van der Waals surface area contributed by atoms with Crippen LogP contribution in [0, 0.1) is 0 Å². The highest BCUT2D eigenvalue weighted by Gasteiger charge is 2.30. The number of anilines is 2. The van der Waals surface area contributed by atoms with E-state index in [4.69, 9.17) is 25.4 Å². The normalized spacial score (nSPS) is 11.9. The fourth-order valence-electron chi connectivity index (χ4n) is 2.89. The zero-order valence-corrected chi connectivity index (χ0v) is 14.8. The topological polar surface area (TPSA) is 109 Å².